The van der Waals surface area contributed by atoms with Crippen LogP contribution in [0.25, 0.3) is 5.65 Å². The van der Waals surface area contributed by atoms with Crippen molar-refractivity contribution >= 4 is 23.2 Å². The highest BCUT2D eigenvalue weighted by molar-refractivity contribution is 6.29. The number of rotatable bonds is 3. The highest BCUT2D eigenvalue weighted by Gasteiger charge is 2.05. The van der Waals surface area contributed by atoms with Crippen LogP contribution in [0, 0.1) is 0 Å². The minimum Gasteiger partial charge on any atom is -0.481 e. The van der Waals surface area contributed by atoms with E-state index in [1.54, 1.807) is 22.8 Å². The summed E-state index contributed by atoms with van der Waals surface area (Å²) in [5, 5.41) is 12.9. The van der Waals surface area contributed by atoms with Crippen LogP contribution < -0.4 is 0 Å². The molecular weight excluding hydrogens is 218 g/mol. The third-order valence-electron chi connectivity index (χ3n) is 1.93. The summed E-state index contributed by atoms with van der Waals surface area (Å²) in [5.74, 6) is -0.835. The summed E-state index contributed by atoms with van der Waals surface area (Å²) in [6.45, 7) is 0. The molecule has 0 saturated heterocycles. The van der Waals surface area contributed by atoms with E-state index < -0.39 is 5.97 Å². The summed E-state index contributed by atoms with van der Waals surface area (Å²) >= 11 is 5.70. The third-order valence-corrected chi connectivity index (χ3v) is 2.13. The van der Waals surface area contributed by atoms with Gasteiger partial charge in [0.25, 0.3) is 0 Å². The van der Waals surface area contributed by atoms with Gasteiger partial charge in [0.2, 0.25) is 0 Å². The molecule has 2 aromatic rings. The number of aryl methyl sites for hydroxylation is 1. The molecule has 6 heteroatoms. The Labute approximate surface area is 90.3 Å². The molecule has 0 amide bonds. The van der Waals surface area contributed by atoms with E-state index in [9.17, 15) is 4.79 Å². The number of carboxylic acid groups (broad SMARTS) is 1. The van der Waals surface area contributed by atoms with E-state index in [2.05, 4.69) is 10.1 Å². The minimum atomic E-state index is -0.835. The average Bonchev–Trinajstić information content (AvgIpc) is 2.56. The number of hydrogen-bond acceptors (Lipinski definition) is 3. The van der Waals surface area contributed by atoms with Crippen LogP contribution in [0.15, 0.2) is 18.3 Å². The van der Waals surface area contributed by atoms with Crippen molar-refractivity contribution < 1.29 is 9.90 Å². The quantitative estimate of drug-likeness (QED) is 0.858. The van der Waals surface area contributed by atoms with Crippen LogP contribution in [-0.2, 0) is 11.2 Å². The van der Waals surface area contributed by atoms with Crippen LogP contribution in [0.1, 0.15) is 12.1 Å². The van der Waals surface area contributed by atoms with Crippen LogP contribution in [0.3, 0.4) is 0 Å². The van der Waals surface area contributed by atoms with Gasteiger partial charge in [-0.2, -0.15) is 5.10 Å². The molecule has 0 aliphatic carbocycles. The van der Waals surface area contributed by atoms with Crippen molar-refractivity contribution in [2.75, 3.05) is 0 Å². The van der Waals surface area contributed by atoms with Gasteiger partial charge in [0.05, 0.1) is 18.3 Å². The van der Waals surface area contributed by atoms with Gasteiger partial charge in [-0.15, -0.1) is 0 Å². The van der Waals surface area contributed by atoms with Gasteiger partial charge in [-0.05, 0) is 12.1 Å². The van der Waals surface area contributed by atoms with Gasteiger partial charge in [0.1, 0.15) is 5.15 Å². The molecule has 15 heavy (non-hydrogen) atoms. The van der Waals surface area contributed by atoms with Gasteiger partial charge >= 0.3 is 5.97 Å². The lowest BCUT2D eigenvalue weighted by Gasteiger charge is -1.90. The first kappa shape index (κ1) is 9.92. The summed E-state index contributed by atoms with van der Waals surface area (Å²) < 4.78 is 1.54. The number of carboxylic acids is 1. The van der Waals surface area contributed by atoms with Crippen molar-refractivity contribution in [2.24, 2.45) is 0 Å². The summed E-state index contributed by atoms with van der Waals surface area (Å²) in [7, 11) is 0. The molecule has 0 bridgehead atoms. The van der Waals surface area contributed by atoms with Crippen LogP contribution >= 0.6 is 11.6 Å². The smallest absolute Gasteiger partial charge is 0.303 e. The molecule has 0 aromatic carbocycles. The summed E-state index contributed by atoms with van der Waals surface area (Å²) in [6, 6.07) is 3.38. The van der Waals surface area contributed by atoms with Gasteiger partial charge in [-0.1, -0.05) is 11.6 Å². The predicted octanol–water partition coefficient (Wildman–Crippen LogP) is 1.40. The van der Waals surface area contributed by atoms with E-state index >= 15 is 0 Å². The van der Waals surface area contributed by atoms with Crippen molar-refractivity contribution in [1.82, 2.24) is 14.6 Å². The molecule has 2 aromatic heterocycles. The van der Waals surface area contributed by atoms with Gasteiger partial charge in [-0.3, -0.25) is 4.79 Å². The zero-order chi connectivity index (χ0) is 10.8. The molecule has 1 N–H and O–H groups in total. The normalized spacial score (nSPS) is 10.7. The van der Waals surface area contributed by atoms with Crippen molar-refractivity contribution in [1.29, 1.82) is 0 Å². The maximum Gasteiger partial charge on any atom is 0.303 e. The zero-order valence-electron chi connectivity index (χ0n) is 7.72. The Morgan fingerprint density at radius 1 is 1.53 bits per heavy atom. The summed E-state index contributed by atoms with van der Waals surface area (Å²) in [6.07, 6.45) is 2.15. The van der Waals surface area contributed by atoms with Crippen LogP contribution in [0.2, 0.25) is 5.15 Å². The number of halogens is 1. The lowest BCUT2D eigenvalue weighted by atomic mass is 10.2. The summed E-state index contributed by atoms with van der Waals surface area (Å²) in [5.41, 5.74) is 1.37. The fourth-order valence-electron chi connectivity index (χ4n) is 1.26. The van der Waals surface area contributed by atoms with Gasteiger partial charge in [0.15, 0.2) is 5.65 Å². The maximum atomic E-state index is 10.4. The van der Waals surface area contributed by atoms with Crippen molar-refractivity contribution in [3.8, 4) is 0 Å². The Morgan fingerprint density at radius 3 is 3.07 bits per heavy atom. The van der Waals surface area contributed by atoms with Crippen molar-refractivity contribution in [3.63, 3.8) is 0 Å². The SMILES string of the molecule is O=C(O)CCc1cn2nc(Cl)ccc2n1. The minimum absolute atomic E-state index is 0.0671. The first-order chi connectivity index (χ1) is 7.15. The molecule has 5 nitrogen and oxygen atoms in total. The highest BCUT2D eigenvalue weighted by atomic mass is 35.5. The second-order valence-corrected chi connectivity index (χ2v) is 3.47. The predicted molar refractivity (Wildman–Crippen MR) is 54.0 cm³/mol. The van der Waals surface area contributed by atoms with Crippen LogP contribution in [-0.4, -0.2) is 25.7 Å². The first-order valence-electron chi connectivity index (χ1n) is 4.38. The van der Waals surface area contributed by atoms with E-state index in [4.69, 9.17) is 16.7 Å². The molecule has 0 saturated carbocycles. The number of nitrogens with zero attached hydrogens (tertiary/aromatic N) is 3. The average molecular weight is 226 g/mol. The Kier molecular flexibility index (Phi) is 2.55. The van der Waals surface area contributed by atoms with Gasteiger partial charge < -0.3 is 5.11 Å². The second-order valence-electron chi connectivity index (χ2n) is 3.08. The Balaban J connectivity index is 2.27. The van der Waals surface area contributed by atoms with Crippen molar-refractivity contribution in [2.45, 2.75) is 12.8 Å². The maximum absolute atomic E-state index is 10.4. The number of aromatic nitrogens is 3. The van der Waals surface area contributed by atoms with E-state index in [1.165, 1.54) is 0 Å². The molecule has 2 heterocycles. The molecule has 0 unspecified atom stereocenters. The van der Waals surface area contributed by atoms with Crippen molar-refractivity contribution in [3.05, 3.63) is 29.2 Å². The molecule has 0 radical (unpaired) electrons. The van der Waals surface area contributed by atoms with Gasteiger partial charge in [-0.25, -0.2) is 9.50 Å². The molecule has 0 aliphatic heterocycles. The molecule has 78 valence electrons. The number of carbonyl (C=O) groups is 1. The topological polar surface area (TPSA) is 67.5 Å². The lowest BCUT2D eigenvalue weighted by molar-refractivity contribution is -0.136. The number of hydrogen-bond donors (Lipinski definition) is 1. The number of imidazole rings is 1. The first-order valence-corrected chi connectivity index (χ1v) is 4.75. The lowest BCUT2D eigenvalue weighted by Crippen LogP contribution is -1.97. The molecule has 0 fully saturated rings. The fourth-order valence-corrected chi connectivity index (χ4v) is 1.41. The number of fused-ring (bicyclic) bond motifs is 1. The van der Waals surface area contributed by atoms with E-state index in [1.807, 2.05) is 0 Å². The monoisotopic (exact) mass is 225 g/mol. The van der Waals surface area contributed by atoms with Gasteiger partial charge in [0, 0.05) is 6.42 Å². The van der Waals surface area contributed by atoms with E-state index in [0.29, 0.717) is 22.9 Å². The second kappa shape index (κ2) is 3.86. The largest absolute Gasteiger partial charge is 0.481 e. The van der Waals surface area contributed by atoms with E-state index in [0.717, 1.165) is 0 Å². The summed E-state index contributed by atoms with van der Waals surface area (Å²) in [4.78, 5) is 14.6. The fraction of sp³-hybridized carbons (Fsp3) is 0.222. The Hall–Kier alpha value is -1.62. The number of aliphatic carboxylic acids is 1. The standard InChI is InChI=1S/C9H8ClN3O2/c10-7-2-3-8-11-6(1-4-9(14)15)5-13(8)12-7/h2-3,5H,1,4H2,(H,14,15). The van der Waals surface area contributed by atoms with Crippen LogP contribution in [0.4, 0.5) is 0 Å². The van der Waals surface area contributed by atoms with Crippen LogP contribution in [0.5, 0.6) is 0 Å². The zero-order valence-corrected chi connectivity index (χ0v) is 8.48. The molecule has 0 spiro atoms. The third kappa shape index (κ3) is 2.24. The van der Waals surface area contributed by atoms with E-state index in [-0.39, 0.29) is 6.42 Å². The Bertz CT molecular complexity index is 509. The molecular formula is C9H8ClN3O2. The molecule has 0 atom stereocenters. The molecule has 0 aliphatic rings. The molecule has 2 rings (SSSR count). The highest BCUT2D eigenvalue weighted by Crippen LogP contribution is 2.09. The Morgan fingerprint density at radius 2 is 2.33 bits per heavy atom.